The Kier molecular flexibility index (Phi) is 4.83. The molecule has 1 aliphatic carbocycles. The second kappa shape index (κ2) is 6.17. The summed E-state index contributed by atoms with van der Waals surface area (Å²) in [4.78, 5) is 2.67. The molecule has 3 heteroatoms. The van der Waals surface area contributed by atoms with Gasteiger partial charge in [0.1, 0.15) is 0 Å². The lowest BCUT2D eigenvalue weighted by Crippen LogP contribution is -2.44. The summed E-state index contributed by atoms with van der Waals surface area (Å²) in [5.74, 6) is 0.738. The van der Waals surface area contributed by atoms with Crippen LogP contribution in [-0.4, -0.2) is 47.8 Å². The summed E-state index contributed by atoms with van der Waals surface area (Å²) in [6.07, 6.45) is 6.37. The number of rotatable bonds is 5. The molecule has 0 bridgehead atoms. The number of aliphatic hydroxyl groups excluding tert-OH is 1. The predicted octanol–water partition coefficient (Wildman–Crippen LogP) is 1.61. The third kappa shape index (κ3) is 3.94. The van der Waals surface area contributed by atoms with Gasteiger partial charge in [0.25, 0.3) is 0 Å². The van der Waals surface area contributed by atoms with Crippen molar-refractivity contribution >= 4 is 0 Å². The largest absolute Gasteiger partial charge is 0.392 e. The number of nitrogens with one attached hydrogen (secondary N) is 1. The van der Waals surface area contributed by atoms with Crippen LogP contribution in [0, 0.1) is 5.92 Å². The van der Waals surface area contributed by atoms with Gasteiger partial charge in [-0.1, -0.05) is 26.7 Å². The maximum atomic E-state index is 9.58. The fourth-order valence-electron chi connectivity index (χ4n) is 3.33. The Morgan fingerprint density at radius 1 is 1.29 bits per heavy atom. The van der Waals surface area contributed by atoms with Gasteiger partial charge in [-0.05, 0) is 25.2 Å². The van der Waals surface area contributed by atoms with E-state index in [0.29, 0.717) is 6.04 Å². The topological polar surface area (TPSA) is 35.5 Å². The van der Waals surface area contributed by atoms with Crippen LogP contribution in [0.1, 0.15) is 46.0 Å². The lowest BCUT2D eigenvalue weighted by Gasteiger charge is -2.32. The highest BCUT2D eigenvalue weighted by Gasteiger charge is 2.28. The van der Waals surface area contributed by atoms with Crippen molar-refractivity contribution in [1.82, 2.24) is 10.2 Å². The molecule has 1 aliphatic heterocycles. The van der Waals surface area contributed by atoms with Crippen molar-refractivity contribution in [2.45, 2.75) is 64.1 Å². The van der Waals surface area contributed by atoms with Crippen molar-refractivity contribution in [3.8, 4) is 0 Å². The SMILES string of the molecule is CC(C)CN(CC1CC(O)CN1)C1CCCC1. The second-order valence-electron chi connectivity index (χ2n) is 6.28. The number of hydrogen-bond acceptors (Lipinski definition) is 3. The first-order chi connectivity index (χ1) is 8.15. The molecule has 2 N–H and O–H groups in total. The van der Waals surface area contributed by atoms with E-state index in [1.807, 2.05) is 0 Å². The standard InChI is InChI=1S/C14H28N2O/c1-11(2)9-16(13-5-3-4-6-13)10-12-7-14(17)8-15-12/h11-15,17H,3-10H2,1-2H3. The van der Waals surface area contributed by atoms with Gasteiger partial charge in [-0.2, -0.15) is 0 Å². The van der Waals surface area contributed by atoms with Crippen molar-refractivity contribution in [3.63, 3.8) is 0 Å². The van der Waals surface area contributed by atoms with Crippen molar-refractivity contribution < 1.29 is 5.11 Å². The average molecular weight is 240 g/mol. The van der Waals surface area contributed by atoms with E-state index in [9.17, 15) is 5.11 Å². The lowest BCUT2D eigenvalue weighted by molar-refractivity contribution is 0.153. The number of hydrogen-bond donors (Lipinski definition) is 2. The number of nitrogens with zero attached hydrogens (tertiary/aromatic N) is 1. The predicted molar refractivity (Wildman–Crippen MR) is 71.1 cm³/mol. The van der Waals surface area contributed by atoms with Gasteiger partial charge in [0, 0.05) is 31.7 Å². The highest BCUT2D eigenvalue weighted by Crippen LogP contribution is 2.25. The number of β-amino-alcohol motifs (C(OH)–C–C–N with tert-alkyl or cyclic N) is 1. The Morgan fingerprint density at radius 2 is 2.00 bits per heavy atom. The summed E-state index contributed by atoms with van der Waals surface area (Å²) >= 11 is 0. The minimum atomic E-state index is -0.121. The van der Waals surface area contributed by atoms with E-state index in [1.54, 1.807) is 0 Å². The molecule has 2 rings (SSSR count). The molecular formula is C14H28N2O. The lowest BCUT2D eigenvalue weighted by atomic mass is 10.1. The molecule has 0 radical (unpaired) electrons. The summed E-state index contributed by atoms with van der Waals surface area (Å²) in [6.45, 7) is 7.72. The summed E-state index contributed by atoms with van der Waals surface area (Å²) in [5, 5.41) is 13.0. The average Bonchev–Trinajstić information content (AvgIpc) is 2.87. The first-order valence-corrected chi connectivity index (χ1v) is 7.30. The molecule has 0 aromatic heterocycles. The van der Waals surface area contributed by atoms with Gasteiger partial charge in [0.2, 0.25) is 0 Å². The van der Waals surface area contributed by atoms with Crippen molar-refractivity contribution in [2.75, 3.05) is 19.6 Å². The molecule has 1 saturated heterocycles. The van der Waals surface area contributed by atoms with E-state index < -0.39 is 0 Å². The molecule has 0 amide bonds. The van der Waals surface area contributed by atoms with Gasteiger partial charge in [-0.3, -0.25) is 4.90 Å². The zero-order chi connectivity index (χ0) is 12.3. The van der Waals surface area contributed by atoms with Crippen LogP contribution in [0.15, 0.2) is 0 Å². The molecule has 100 valence electrons. The van der Waals surface area contributed by atoms with E-state index in [2.05, 4.69) is 24.1 Å². The van der Waals surface area contributed by atoms with Crippen LogP contribution in [0.2, 0.25) is 0 Å². The smallest absolute Gasteiger partial charge is 0.0680 e. The van der Waals surface area contributed by atoms with Crippen LogP contribution < -0.4 is 5.32 Å². The summed E-state index contributed by atoms with van der Waals surface area (Å²) in [5.41, 5.74) is 0. The minimum absolute atomic E-state index is 0.121. The number of aliphatic hydroxyl groups is 1. The van der Waals surface area contributed by atoms with E-state index in [1.165, 1.54) is 32.2 Å². The van der Waals surface area contributed by atoms with Gasteiger partial charge in [-0.15, -0.1) is 0 Å². The Hall–Kier alpha value is -0.120. The van der Waals surface area contributed by atoms with Gasteiger partial charge >= 0.3 is 0 Å². The van der Waals surface area contributed by atoms with Gasteiger partial charge in [0.05, 0.1) is 6.10 Å². The van der Waals surface area contributed by atoms with E-state index in [0.717, 1.165) is 31.5 Å². The van der Waals surface area contributed by atoms with E-state index >= 15 is 0 Å². The van der Waals surface area contributed by atoms with Gasteiger partial charge in [0.15, 0.2) is 0 Å². The van der Waals surface area contributed by atoms with Crippen LogP contribution in [0.5, 0.6) is 0 Å². The molecule has 1 saturated carbocycles. The maximum Gasteiger partial charge on any atom is 0.0680 e. The molecule has 2 atom stereocenters. The third-order valence-electron chi connectivity index (χ3n) is 4.09. The fraction of sp³-hybridized carbons (Fsp3) is 1.00. The first-order valence-electron chi connectivity index (χ1n) is 7.30. The summed E-state index contributed by atoms with van der Waals surface area (Å²) in [6, 6.07) is 1.31. The molecule has 2 aliphatic rings. The van der Waals surface area contributed by atoms with E-state index in [4.69, 9.17) is 0 Å². The highest BCUT2D eigenvalue weighted by atomic mass is 16.3. The second-order valence-corrected chi connectivity index (χ2v) is 6.28. The Balaban J connectivity index is 1.85. The molecular weight excluding hydrogens is 212 g/mol. The molecule has 3 nitrogen and oxygen atoms in total. The molecule has 2 fully saturated rings. The molecule has 0 spiro atoms. The normalized spacial score (nSPS) is 30.9. The minimum Gasteiger partial charge on any atom is -0.392 e. The molecule has 0 aromatic carbocycles. The Morgan fingerprint density at radius 3 is 2.53 bits per heavy atom. The van der Waals surface area contributed by atoms with Crippen LogP contribution in [0.25, 0.3) is 0 Å². The fourth-order valence-corrected chi connectivity index (χ4v) is 3.33. The zero-order valence-electron chi connectivity index (χ0n) is 11.4. The van der Waals surface area contributed by atoms with Crippen LogP contribution in [-0.2, 0) is 0 Å². The molecule has 0 aromatic rings. The summed E-state index contributed by atoms with van der Waals surface area (Å²) in [7, 11) is 0. The van der Waals surface area contributed by atoms with Crippen LogP contribution in [0.3, 0.4) is 0 Å². The van der Waals surface area contributed by atoms with Crippen molar-refractivity contribution in [3.05, 3.63) is 0 Å². The van der Waals surface area contributed by atoms with Crippen LogP contribution >= 0.6 is 0 Å². The molecule has 1 heterocycles. The zero-order valence-corrected chi connectivity index (χ0v) is 11.4. The Bertz CT molecular complexity index is 226. The monoisotopic (exact) mass is 240 g/mol. The highest BCUT2D eigenvalue weighted by molar-refractivity contribution is 4.87. The van der Waals surface area contributed by atoms with E-state index in [-0.39, 0.29) is 6.10 Å². The first kappa shape index (κ1) is 13.3. The molecule has 2 unspecified atom stereocenters. The van der Waals surface area contributed by atoms with Crippen LogP contribution in [0.4, 0.5) is 0 Å². The van der Waals surface area contributed by atoms with Gasteiger partial charge < -0.3 is 10.4 Å². The van der Waals surface area contributed by atoms with Gasteiger partial charge in [-0.25, -0.2) is 0 Å². The maximum absolute atomic E-state index is 9.58. The summed E-state index contributed by atoms with van der Waals surface area (Å²) < 4.78 is 0. The molecule has 17 heavy (non-hydrogen) atoms. The van der Waals surface area contributed by atoms with Crippen molar-refractivity contribution in [1.29, 1.82) is 0 Å². The quantitative estimate of drug-likeness (QED) is 0.766. The Labute approximate surface area is 106 Å². The van der Waals surface area contributed by atoms with Crippen molar-refractivity contribution in [2.24, 2.45) is 5.92 Å². The third-order valence-corrected chi connectivity index (χ3v) is 4.09.